The molecule has 1 aliphatic carbocycles. The van der Waals surface area contributed by atoms with Gasteiger partial charge < -0.3 is 11.1 Å². The summed E-state index contributed by atoms with van der Waals surface area (Å²) in [5.74, 6) is 1.58. The number of aromatic nitrogens is 1. The van der Waals surface area contributed by atoms with Crippen molar-refractivity contribution in [3.63, 3.8) is 0 Å². The third kappa shape index (κ3) is 1.85. The maximum Gasteiger partial charge on any atom is 0.0419 e. The molecule has 3 rings (SSSR count). The van der Waals surface area contributed by atoms with Gasteiger partial charge in [0, 0.05) is 30.4 Å². The summed E-state index contributed by atoms with van der Waals surface area (Å²) in [7, 11) is 0. The highest BCUT2D eigenvalue weighted by molar-refractivity contribution is 5.09. The number of pyridine rings is 1. The standard InChI is InChI=1S/C13H19N3/c14-10-5-9-8-16-13(12(9)6-10)7-11-3-1-2-4-15-11/h1-4,9-10,12-13,16H,5-8,14H2. The fourth-order valence-corrected chi connectivity index (χ4v) is 3.35. The topological polar surface area (TPSA) is 50.9 Å². The average molecular weight is 217 g/mol. The molecular formula is C13H19N3. The van der Waals surface area contributed by atoms with Crippen molar-refractivity contribution in [1.82, 2.24) is 10.3 Å². The van der Waals surface area contributed by atoms with E-state index in [1.165, 1.54) is 18.5 Å². The van der Waals surface area contributed by atoms with E-state index in [0.29, 0.717) is 12.1 Å². The van der Waals surface area contributed by atoms with Crippen molar-refractivity contribution in [2.45, 2.75) is 31.3 Å². The smallest absolute Gasteiger partial charge is 0.0419 e. The molecule has 0 bridgehead atoms. The van der Waals surface area contributed by atoms with Crippen LogP contribution in [0.25, 0.3) is 0 Å². The molecule has 3 heteroatoms. The Labute approximate surface area is 96.4 Å². The van der Waals surface area contributed by atoms with Crippen molar-refractivity contribution < 1.29 is 0 Å². The Balaban J connectivity index is 1.68. The zero-order valence-electron chi connectivity index (χ0n) is 9.47. The molecule has 2 heterocycles. The van der Waals surface area contributed by atoms with Crippen LogP contribution in [0, 0.1) is 11.8 Å². The number of nitrogens with zero attached hydrogens (tertiary/aromatic N) is 1. The fourth-order valence-electron chi connectivity index (χ4n) is 3.35. The summed E-state index contributed by atoms with van der Waals surface area (Å²) in [6.07, 6.45) is 5.32. The van der Waals surface area contributed by atoms with E-state index >= 15 is 0 Å². The molecule has 1 aromatic heterocycles. The molecule has 3 N–H and O–H groups in total. The quantitative estimate of drug-likeness (QED) is 0.775. The summed E-state index contributed by atoms with van der Waals surface area (Å²) in [5.41, 5.74) is 7.23. The van der Waals surface area contributed by atoms with Gasteiger partial charge in [-0.25, -0.2) is 0 Å². The molecule has 4 unspecified atom stereocenters. The van der Waals surface area contributed by atoms with Gasteiger partial charge in [0.15, 0.2) is 0 Å². The number of hydrogen-bond acceptors (Lipinski definition) is 3. The first kappa shape index (κ1) is 10.2. The summed E-state index contributed by atoms with van der Waals surface area (Å²) in [6, 6.07) is 7.18. The van der Waals surface area contributed by atoms with E-state index in [1.54, 1.807) is 0 Å². The molecule has 0 spiro atoms. The van der Waals surface area contributed by atoms with Crippen LogP contribution in [0.3, 0.4) is 0 Å². The third-order valence-electron chi connectivity index (χ3n) is 4.10. The normalized spacial score (nSPS) is 37.6. The van der Waals surface area contributed by atoms with Gasteiger partial charge in [-0.15, -0.1) is 0 Å². The number of nitrogens with one attached hydrogen (secondary N) is 1. The van der Waals surface area contributed by atoms with E-state index in [0.717, 1.165) is 24.8 Å². The minimum Gasteiger partial charge on any atom is -0.328 e. The molecule has 0 radical (unpaired) electrons. The number of fused-ring (bicyclic) bond motifs is 1. The Morgan fingerprint density at radius 2 is 2.31 bits per heavy atom. The van der Waals surface area contributed by atoms with Crippen molar-refractivity contribution in [2.75, 3.05) is 6.54 Å². The van der Waals surface area contributed by atoms with Gasteiger partial charge in [0.05, 0.1) is 0 Å². The molecule has 0 amide bonds. The largest absolute Gasteiger partial charge is 0.328 e. The maximum absolute atomic E-state index is 6.04. The van der Waals surface area contributed by atoms with Gasteiger partial charge in [-0.2, -0.15) is 0 Å². The van der Waals surface area contributed by atoms with E-state index in [2.05, 4.69) is 22.4 Å². The minimum atomic E-state index is 0.434. The van der Waals surface area contributed by atoms with Crippen molar-refractivity contribution in [3.8, 4) is 0 Å². The lowest BCUT2D eigenvalue weighted by Gasteiger charge is -2.18. The molecule has 2 fully saturated rings. The highest BCUT2D eigenvalue weighted by atomic mass is 15.0. The van der Waals surface area contributed by atoms with Crippen molar-refractivity contribution in [2.24, 2.45) is 17.6 Å². The van der Waals surface area contributed by atoms with Crippen molar-refractivity contribution in [1.29, 1.82) is 0 Å². The van der Waals surface area contributed by atoms with Crippen LogP contribution in [-0.2, 0) is 6.42 Å². The number of hydrogen-bond donors (Lipinski definition) is 2. The van der Waals surface area contributed by atoms with Crippen LogP contribution in [0.15, 0.2) is 24.4 Å². The lowest BCUT2D eigenvalue weighted by atomic mass is 9.91. The molecule has 1 saturated heterocycles. The molecule has 2 aliphatic rings. The molecular weight excluding hydrogens is 198 g/mol. The first-order valence-corrected chi connectivity index (χ1v) is 6.22. The second kappa shape index (κ2) is 4.15. The molecule has 86 valence electrons. The fraction of sp³-hybridized carbons (Fsp3) is 0.615. The van der Waals surface area contributed by atoms with Gasteiger partial charge in [0.2, 0.25) is 0 Å². The second-order valence-corrected chi connectivity index (χ2v) is 5.20. The van der Waals surface area contributed by atoms with Gasteiger partial charge in [0.1, 0.15) is 0 Å². The van der Waals surface area contributed by atoms with E-state index < -0.39 is 0 Å². The van der Waals surface area contributed by atoms with E-state index in [1.807, 2.05) is 12.3 Å². The van der Waals surface area contributed by atoms with Crippen LogP contribution in [0.5, 0.6) is 0 Å². The second-order valence-electron chi connectivity index (χ2n) is 5.20. The first-order chi connectivity index (χ1) is 7.83. The monoisotopic (exact) mass is 217 g/mol. The Morgan fingerprint density at radius 3 is 3.12 bits per heavy atom. The SMILES string of the molecule is NC1CC2CNC(Cc3ccccn3)C2C1. The predicted octanol–water partition coefficient (Wildman–Crippen LogP) is 0.949. The van der Waals surface area contributed by atoms with Crippen LogP contribution in [0.2, 0.25) is 0 Å². The Kier molecular flexibility index (Phi) is 2.65. The van der Waals surface area contributed by atoms with Crippen molar-refractivity contribution >= 4 is 0 Å². The number of nitrogens with two attached hydrogens (primary N) is 1. The van der Waals surface area contributed by atoms with Gasteiger partial charge in [-0.3, -0.25) is 4.98 Å². The highest BCUT2D eigenvalue weighted by Crippen LogP contribution is 2.37. The Bertz CT molecular complexity index is 351. The average Bonchev–Trinajstić information content (AvgIpc) is 2.81. The minimum absolute atomic E-state index is 0.434. The zero-order chi connectivity index (χ0) is 11.0. The van der Waals surface area contributed by atoms with Crippen molar-refractivity contribution in [3.05, 3.63) is 30.1 Å². The van der Waals surface area contributed by atoms with Crippen LogP contribution in [0.4, 0.5) is 0 Å². The van der Waals surface area contributed by atoms with Crippen LogP contribution >= 0.6 is 0 Å². The highest BCUT2D eigenvalue weighted by Gasteiger charge is 2.41. The summed E-state index contributed by atoms with van der Waals surface area (Å²) in [4.78, 5) is 4.40. The Hall–Kier alpha value is -0.930. The summed E-state index contributed by atoms with van der Waals surface area (Å²) < 4.78 is 0. The van der Waals surface area contributed by atoms with Crippen LogP contribution in [0.1, 0.15) is 18.5 Å². The molecule has 1 saturated carbocycles. The lowest BCUT2D eigenvalue weighted by molar-refractivity contribution is 0.404. The third-order valence-corrected chi connectivity index (χ3v) is 4.10. The van der Waals surface area contributed by atoms with E-state index in [9.17, 15) is 0 Å². The predicted molar refractivity (Wildman–Crippen MR) is 63.9 cm³/mol. The Morgan fingerprint density at radius 1 is 1.38 bits per heavy atom. The summed E-state index contributed by atoms with van der Waals surface area (Å²) in [6.45, 7) is 1.15. The number of rotatable bonds is 2. The van der Waals surface area contributed by atoms with Gasteiger partial charge >= 0.3 is 0 Å². The van der Waals surface area contributed by atoms with E-state index in [4.69, 9.17) is 5.73 Å². The maximum atomic E-state index is 6.04. The molecule has 3 nitrogen and oxygen atoms in total. The molecule has 1 aliphatic heterocycles. The van der Waals surface area contributed by atoms with Crippen LogP contribution < -0.4 is 11.1 Å². The zero-order valence-corrected chi connectivity index (χ0v) is 9.47. The van der Waals surface area contributed by atoms with Gasteiger partial charge in [0.25, 0.3) is 0 Å². The van der Waals surface area contributed by atoms with Crippen LogP contribution in [-0.4, -0.2) is 23.6 Å². The lowest BCUT2D eigenvalue weighted by Crippen LogP contribution is -2.31. The van der Waals surface area contributed by atoms with E-state index in [-0.39, 0.29) is 0 Å². The first-order valence-electron chi connectivity index (χ1n) is 6.22. The summed E-state index contributed by atoms with van der Waals surface area (Å²) >= 11 is 0. The summed E-state index contributed by atoms with van der Waals surface area (Å²) in [5, 5.41) is 3.63. The molecule has 0 aromatic carbocycles. The molecule has 1 aromatic rings. The molecule has 16 heavy (non-hydrogen) atoms. The van der Waals surface area contributed by atoms with Gasteiger partial charge in [-0.1, -0.05) is 6.07 Å². The molecule has 4 atom stereocenters. The van der Waals surface area contributed by atoms with Gasteiger partial charge in [-0.05, 0) is 43.4 Å².